The van der Waals surface area contributed by atoms with Gasteiger partial charge in [-0.1, -0.05) is 12.1 Å². The molecule has 1 aromatic heterocycles. The number of nitrogens with two attached hydrogens (primary N) is 1. The third-order valence-electron chi connectivity index (χ3n) is 3.13. The van der Waals surface area contributed by atoms with E-state index in [9.17, 15) is 12.8 Å². The highest BCUT2D eigenvalue weighted by atomic mass is 32.2. The van der Waals surface area contributed by atoms with E-state index in [0.717, 1.165) is 5.56 Å². The van der Waals surface area contributed by atoms with Crippen LogP contribution in [-0.4, -0.2) is 28.6 Å². The summed E-state index contributed by atoms with van der Waals surface area (Å²) in [6.45, 7) is 0.350. The lowest BCUT2D eigenvalue weighted by atomic mass is 10.2. The van der Waals surface area contributed by atoms with Gasteiger partial charge >= 0.3 is 0 Å². The van der Waals surface area contributed by atoms with Gasteiger partial charge in [-0.25, -0.2) is 17.9 Å². The van der Waals surface area contributed by atoms with Crippen molar-refractivity contribution in [2.75, 3.05) is 0 Å². The van der Waals surface area contributed by atoms with Gasteiger partial charge in [0.05, 0.1) is 11.4 Å². The molecule has 2 N–H and O–H groups in total. The first-order valence-electron chi connectivity index (χ1n) is 6.57. The predicted octanol–water partition coefficient (Wildman–Crippen LogP) is 1.17. The minimum absolute atomic E-state index is 0.0138. The number of sulfonamides is 1. The summed E-state index contributed by atoms with van der Waals surface area (Å²) in [4.78, 5) is 1.39. The molecule has 0 saturated heterocycles. The summed E-state index contributed by atoms with van der Waals surface area (Å²) in [6.07, 6.45) is 0. The molecule has 0 saturated carbocycles. The fourth-order valence-electron chi connectivity index (χ4n) is 1.97. The molecule has 0 aliphatic heterocycles. The van der Waals surface area contributed by atoms with Crippen LogP contribution in [0.3, 0.4) is 0 Å². The Kier molecular flexibility index (Phi) is 3.89. The van der Waals surface area contributed by atoms with Crippen LogP contribution in [0.5, 0.6) is 0 Å². The van der Waals surface area contributed by atoms with Crippen molar-refractivity contribution in [2.24, 2.45) is 5.14 Å². The Morgan fingerprint density at radius 2 is 1.70 bits per heavy atom. The van der Waals surface area contributed by atoms with Crippen LogP contribution in [0.25, 0.3) is 11.4 Å². The molecule has 3 rings (SSSR count). The summed E-state index contributed by atoms with van der Waals surface area (Å²) >= 11 is 0. The lowest BCUT2D eigenvalue weighted by Gasteiger charge is -2.00. The molecule has 0 bridgehead atoms. The third kappa shape index (κ3) is 3.58. The molecule has 0 radical (unpaired) electrons. The molecule has 0 atom stereocenters. The number of halogens is 1. The van der Waals surface area contributed by atoms with E-state index in [4.69, 9.17) is 5.14 Å². The minimum Gasteiger partial charge on any atom is -0.225 e. The largest absolute Gasteiger partial charge is 0.238 e. The Morgan fingerprint density at radius 1 is 1.04 bits per heavy atom. The predicted molar refractivity (Wildman–Crippen MR) is 80.1 cm³/mol. The first-order valence-corrected chi connectivity index (χ1v) is 8.12. The van der Waals surface area contributed by atoms with E-state index in [0.29, 0.717) is 17.9 Å². The summed E-state index contributed by atoms with van der Waals surface area (Å²) in [5, 5.41) is 17.1. The summed E-state index contributed by atoms with van der Waals surface area (Å²) in [7, 11) is -3.73. The maximum atomic E-state index is 12.9. The minimum atomic E-state index is -3.73. The number of nitrogens with zero attached hydrogens (tertiary/aromatic N) is 4. The van der Waals surface area contributed by atoms with Gasteiger partial charge in [0.15, 0.2) is 0 Å². The molecular weight excluding hydrogens is 321 g/mol. The summed E-state index contributed by atoms with van der Waals surface area (Å²) < 4.78 is 35.3. The average molecular weight is 333 g/mol. The molecule has 0 spiro atoms. The second-order valence-corrected chi connectivity index (χ2v) is 6.40. The maximum Gasteiger partial charge on any atom is 0.238 e. The molecule has 3 aromatic rings. The Labute approximate surface area is 131 Å². The molecule has 0 amide bonds. The quantitative estimate of drug-likeness (QED) is 0.772. The smallest absolute Gasteiger partial charge is 0.225 e. The van der Waals surface area contributed by atoms with Crippen molar-refractivity contribution in [3.05, 3.63) is 59.9 Å². The van der Waals surface area contributed by atoms with Gasteiger partial charge in [0.2, 0.25) is 15.8 Å². The van der Waals surface area contributed by atoms with Gasteiger partial charge in [-0.05, 0) is 47.2 Å². The SMILES string of the molecule is NS(=O)(=O)c1ccc(-c2nnn(Cc3ccc(F)cc3)n2)cc1. The molecule has 0 aliphatic carbocycles. The van der Waals surface area contributed by atoms with Gasteiger partial charge in [0.25, 0.3) is 0 Å². The van der Waals surface area contributed by atoms with Crippen LogP contribution in [0, 0.1) is 5.82 Å². The highest BCUT2D eigenvalue weighted by molar-refractivity contribution is 7.89. The number of tetrazole rings is 1. The lowest BCUT2D eigenvalue weighted by Crippen LogP contribution is -2.11. The van der Waals surface area contributed by atoms with Crippen LogP contribution in [0.15, 0.2) is 53.4 Å². The Hall–Kier alpha value is -2.65. The van der Waals surface area contributed by atoms with Crippen LogP contribution in [0.2, 0.25) is 0 Å². The highest BCUT2D eigenvalue weighted by Gasteiger charge is 2.10. The second kappa shape index (κ2) is 5.86. The van der Waals surface area contributed by atoms with Crippen molar-refractivity contribution in [1.82, 2.24) is 20.2 Å². The van der Waals surface area contributed by atoms with Crippen LogP contribution in [0.1, 0.15) is 5.56 Å². The van der Waals surface area contributed by atoms with E-state index in [2.05, 4.69) is 15.4 Å². The lowest BCUT2D eigenvalue weighted by molar-refractivity contribution is 0.570. The van der Waals surface area contributed by atoms with Crippen molar-refractivity contribution in [3.8, 4) is 11.4 Å². The maximum absolute atomic E-state index is 12.9. The van der Waals surface area contributed by atoms with E-state index < -0.39 is 10.0 Å². The molecule has 0 fully saturated rings. The number of benzene rings is 2. The van der Waals surface area contributed by atoms with Crippen LogP contribution in [0.4, 0.5) is 4.39 Å². The fourth-order valence-corrected chi connectivity index (χ4v) is 2.49. The molecule has 1 heterocycles. The van der Waals surface area contributed by atoms with Crippen molar-refractivity contribution in [2.45, 2.75) is 11.4 Å². The highest BCUT2D eigenvalue weighted by Crippen LogP contribution is 2.16. The molecule has 0 aliphatic rings. The molecular formula is C14H12FN5O2S. The van der Waals surface area contributed by atoms with E-state index in [1.54, 1.807) is 24.3 Å². The zero-order chi connectivity index (χ0) is 16.4. The molecule has 118 valence electrons. The van der Waals surface area contributed by atoms with Gasteiger partial charge in [-0.15, -0.1) is 10.2 Å². The van der Waals surface area contributed by atoms with Crippen molar-refractivity contribution >= 4 is 10.0 Å². The first-order chi connectivity index (χ1) is 10.9. The number of aromatic nitrogens is 4. The van der Waals surface area contributed by atoms with Gasteiger partial charge in [0, 0.05) is 5.56 Å². The third-order valence-corrected chi connectivity index (χ3v) is 4.06. The van der Waals surface area contributed by atoms with Crippen molar-refractivity contribution in [3.63, 3.8) is 0 Å². The number of primary sulfonamides is 1. The van der Waals surface area contributed by atoms with Crippen LogP contribution < -0.4 is 5.14 Å². The summed E-state index contributed by atoms with van der Waals surface area (Å²) in [6, 6.07) is 11.9. The zero-order valence-electron chi connectivity index (χ0n) is 11.8. The number of rotatable bonds is 4. The second-order valence-electron chi connectivity index (χ2n) is 4.84. The number of hydrogen-bond acceptors (Lipinski definition) is 5. The van der Waals surface area contributed by atoms with E-state index in [1.807, 2.05) is 0 Å². The van der Waals surface area contributed by atoms with E-state index in [-0.39, 0.29) is 10.7 Å². The molecule has 7 nitrogen and oxygen atoms in total. The van der Waals surface area contributed by atoms with Crippen LogP contribution >= 0.6 is 0 Å². The number of hydrogen-bond donors (Lipinski definition) is 1. The molecule has 0 unspecified atom stereocenters. The Balaban J connectivity index is 1.80. The Bertz CT molecular complexity index is 921. The van der Waals surface area contributed by atoms with Crippen LogP contribution in [-0.2, 0) is 16.6 Å². The monoisotopic (exact) mass is 333 g/mol. The summed E-state index contributed by atoms with van der Waals surface area (Å²) in [5.74, 6) is 0.0454. The van der Waals surface area contributed by atoms with E-state index >= 15 is 0 Å². The standard InChI is InChI=1S/C14H12FN5O2S/c15-12-5-1-10(2-6-12)9-20-18-14(17-19-20)11-3-7-13(8-4-11)23(16,21)22/h1-8H,9H2,(H2,16,21,22). The summed E-state index contributed by atoms with van der Waals surface area (Å²) in [5.41, 5.74) is 1.45. The van der Waals surface area contributed by atoms with Gasteiger partial charge in [-0.3, -0.25) is 0 Å². The normalized spacial score (nSPS) is 11.6. The van der Waals surface area contributed by atoms with Crippen molar-refractivity contribution < 1.29 is 12.8 Å². The molecule has 2 aromatic carbocycles. The van der Waals surface area contributed by atoms with Gasteiger partial charge in [-0.2, -0.15) is 4.80 Å². The first kappa shape index (κ1) is 15.3. The zero-order valence-corrected chi connectivity index (χ0v) is 12.6. The van der Waals surface area contributed by atoms with Crippen molar-refractivity contribution in [1.29, 1.82) is 0 Å². The Morgan fingerprint density at radius 3 is 2.30 bits per heavy atom. The fraction of sp³-hybridized carbons (Fsp3) is 0.0714. The van der Waals surface area contributed by atoms with Gasteiger partial charge in [0.1, 0.15) is 5.82 Å². The topological polar surface area (TPSA) is 104 Å². The van der Waals surface area contributed by atoms with E-state index in [1.165, 1.54) is 29.1 Å². The van der Waals surface area contributed by atoms with Gasteiger partial charge < -0.3 is 0 Å². The molecule has 9 heteroatoms. The molecule has 23 heavy (non-hydrogen) atoms. The average Bonchev–Trinajstić information content (AvgIpc) is 2.97.